The second-order valence-electron chi connectivity index (χ2n) is 3.99. The molecule has 2 aromatic rings. The molecule has 0 fully saturated rings. The zero-order valence-electron chi connectivity index (χ0n) is 10.1. The Hall–Kier alpha value is -2.14. The van der Waals surface area contributed by atoms with E-state index < -0.39 is 0 Å². The van der Waals surface area contributed by atoms with Gasteiger partial charge in [-0.25, -0.2) is 4.98 Å². The molecule has 0 saturated carbocycles. The van der Waals surface area contributed by atoms with E-state index >= 15 is 0 Å². The molecule has 0 aliphatic carbocycles. The lowest BCUT2D eigenvalue weighted by Gasteiger charge is -2.03. The highest BCUT2D eigenvalue weighted by Crippen LogP contribution is 2.05. The molecule has 5 nitrogen and oxygen atoms in total. The van der Waals surface area contributed by atoms with Gasteiger partial charge in [0.15, 0.2) is 0 Å². The minimum atomic E-state index is -0.289. The lowest BCUT2D eigenvalue weighted by molar-refractivity contribution is 0.0921. The van der Waals surface area contributed by atoms with Gasteiger partial charge >= 0.3 is 0 Å². The number of carbonyl (C=O) groups excluding carboxylic acids is 1. The maximum absolute atomic E-state index is 11.7. The number of benzene rings is 1. The number of rotatable bonds is 4. The van der Waals surface area contributed by atoms with E-state index in [9.17, 15) is 4.79 Å². The van der Waals surface area contributed by atoms with Crippen molar-refractivity contribution in [2.45, 2.75) is 20.0 Å². The van der Waals surface area contributed by atoms with Crippen LogP contribution in [0.15, 0.2) is 34.9 Å². The summed E-state index contributed by atoms with van der Waals surface area (Å²) >= 11 is 0. The first kappa shape index (κ1) is 12.3. The van der Waals surface area contributed by atoms with Crippen molar-refractivity contribution in [3.63, 3.8) is 0 Å². The number of carbonyl (C=O) groups is 1. The highest BCUT2D eigenvalue weighted by molar-refractivity contribution is 5.91. The molecule has 1 heterocycles. The molecule has 1 aromatic carbocycles. The number of oxazole rings is 1. The molecule has 0 unspecified atom stereocenters. The molecule has 1 aromatic heterocycles. The van der Waals surface area contributed by atoms with Gasteiger partial charge in [0, 0.05) is 6.54 Å². The quantitative estimate of drug-likeness (QED) is 0.852. The van der Waals surface area contributed by atoms with Crippen LogP contribution in [-0.2, 0) is 13.1 Å². The molecule has 0 bridgehead atoms. The average Bonchev–Trinajstić information content (AvgIpc) is 2.86. The number of hydrogen-bond donors (Lipinski definition) is 2. The van der Waals surface area contributed by atoms with Crippen molar-refractivity contribution in [1.82, 2.24) is 10.3 Å². The van der Waals surface area contributed by atoms with E-state index in [1.807, 2.05) is 31.2 Å². The smallest absolute Gasteiger partial charge is 0.288 e. The van der Waals surface area contributed by atoms with Gasteiger partial charge in [-0.3, -0.25) is 4.79 Å². The highest BCUT2D eigenvalue weighted by Gasteiger charge is 2.11. The fourth-order valence-electron chi connectivity index (χ4n) is 1.48. The zero-order chi connectivity index (χ0) is 13.0. The van der Waals surface area contributed by atoms with E-state index in [1.54, 1.807) is 0 Å². The molecule has 5 heteroatoms. The second kappa shape index (κ2) is 5.46. The Balaban J connectivity index is 1.93. The number of aryl methyl sites for hydroxylation is 1. The SMILES string of the molecule is Cc1ccc(CNC(=O)c2cnc(CN)o2)cc1. The molecule has 0 radical (unpaired) electrons. The van der Waals surface area contributed by atoms with Gasteiger partial charge in [-0.05, 0) is 12.5 Å². The summed E-state index contributed by atoms with van der Waals surface area (Å²) in [7, 11) is 0. The summed E-state index contributed by atoms with van der Waals surface area (Å²) in [4.78, 5) is 15.6. The molecule has 18 heavy (non-hydrogen) atoms. The fourth-order valence-corrected chi connectivity index (χ4v) is 1.48. The number of amides is 1. The van der Waals surface area contributed by atoms with Crippen molar-refractivity contribution >= 4 is 5.91 Å². The third-order valence-corrected chi connectivity index (χ3v) is 2.53. The minimum absolute atomic E-state index is 0.183. The fraction of sp³-hybridized carbons (Fsp3) is 0.231. The van der Waals surface area contributed by atoms with Gasteiger partial charge in [0.05, 0.1) is 12.7 Å². The number of nitrogens with one attached hydrogen (secondary N) is 1. The molecule has 0 atom stereocenters. The third-order valence-electron chi connectivity index (χ3n) is 2.53. The maximum Gasteiger partial charge on any atom is 0.288 e. The normalized spacial score (nSPS) is 10.3. The Kier molecular flexibility index (Phi) is 3.74. The Labute approximate surface area is 105 Å². The molecule has 1 amide bonds. The second-order valence-corrected chi connectivity index (χ2v) is 3.99. The van der Waals surface area contributed by atoms with E-state index in [1.165, 1.54) is 11.8 Å². The lowest BCUT2D eigenvalue weighted by Crippen LogP contribution is -2.22. The average molecular weight is 245 g/mol. The first-order valence-corrected chi connectivity index (χ1v) is 5.67. The lowest BCUT2D eigenvalue weighted by atomic mass is 10.1. The van der Waals surface area contributed by atoms with Crippen LogP contribution in [0.4, 0.5) is 0 Å². The van der Waals surface area contributed by atoms with Crippen LogP contribution in [-0.4, -0.2) is 10.9 Å². The highest BCUT2D eigenvalue weighted by atomic mass is 16.4. The zero-order valence-corrected chi connectivity index (χ0v) is 10.1. The van der Waals surface area contributed by atoms with Gasteiger partial charge in [0.2, 0.25) is 11.7 Å². The summed E-state index contributed by atoms with van der Waals surface area (Å²) in [6.07, 6.45) is 1.38. The van der Waals surface area contributed by atoms with Crippen LogP contribution in [0.3, 0.4) is 0 Å². The summed E-state index contributed by atoms with van der Waals surface area (Å²) in [6, 6.07) is 7.95. The largest absolute Gasteiger partial charge is 0.434 e. The van der Waals surface area contributed by atoms with E-state index in [-0.39, 0.29) is 18.2 Å². The van der Waals surface area contributed by atoms with Crippen LogP contribution in [0.2, 0.25) is 0 Å². The van der Waals surface area contributed by atoms with Crippen molar-refractivity contribution in [1.29, 1.82) is 0 Å². The van der Waals surface area contributed by atoms with Crippen LogP contribution >= 0.6 is 0 Å². The van der Waals surface area contributed by atoms with Gasteiger partial charge in [0.25, 0.3) is 5.91 Å². The Morgan fingerprint density at radius 3 is 2.72 bits per heavy atom. The van der Waals surface area contributed by atoms with E-state index in [0.29, 0.717) is 12.4 Å². The van der Waals surface area contributed by atoms with Crippen molar-refractivity contribution in [2.75, 3.05) is 0 Å². The van der Waals surface area contributed by atoms with Gasteiger partial charge in [-0.1, -0.05) is 29.8 Å². The van der Waals surface area contributed by atoms with E-state index in [2.05, 4.69) is 10.3 Å². The van der Waals surface area contributed by atoms with Gasteiger partial charge in [-0.2, -0.15) is 0 Å². The number of nitrogens with two attached hydrogens (primary N) is 1. The first-order valence-electron chi connectivity index (χ1n) is 5.67. The van der Waals surface area contributed by atoms with Crippen LogP contribution in [0.25, 0.3) is 0 Å². The summed E-state index contributed by atoms with van der Waals surface area (Å²) < 4.78 is 5.15. The Morgan fingerprint density at radius 2 is 2.11 bits per heavy atom. The topological polar surface area (TPSA) is 81.2 Å². The predicted molar refractivity (Wildman–Crippen MR) is 66.7 cm³/mol. The van der Waals surface area contributed by atoms with Gasteiger partial charge in [-0.15, -0.1) is 0 Å². The van der Waals surface area contributed by atoms with Crippen molar-refractivity contribution in [2.24, 2.45) is 5.73 Å². The molecule has 0 aliphatic heterocycles. The number of nitrogens with zero attached hydrogens (tertiary/aromatic N) is 1. The van der Waals surface area contributed by atoms with Gasteiger partial charge < -0.3 is 15.5 Å². The Morgan fingerprint density at radius 1 is 1.39 bits per heavy atom. The molecule has 3 N–H and O–H groups in total. The number of aromatic nitrogens is 1. The monoisotopic (exact) mass is 245 g/mol. The van der Waals surface area contributed by atoms with Crippen LogP contribution in [0, 0.1) is 6.92 Å². The van der Waals surface area contributed by atoms with Crippen molar-refractivity contribution < 1.29 is 9.21 Å². The maximum atomic E-state index is 11.7. The molecule has 0 spiro atoms. The summed E-state index contributed by atoms with van der Waals surface area (Å²) in [5.74, 6) is 0.251. The van der Waals surface area contributed by atoms with Crippen LogP contribution in [0.5, 0.6) is 0 Å². The molecule has 0 saturated heterocycles. The van der Waals surface area contributed by atoms with Crippen molar-refractivity contribution in [3.05, 3.63) is 53.2 Å². The van der Waals surface area contributed by atoms with E-state index in [4.69, 9.17) is 10.2 Å². The van der Waals surface area contributed by atoms with Crippen LogP contribution < -0.4 is 11.1 Å². The molecular weight excluding hydrogens is 230 g/mol. The van der Waals surface area contributed by atoms with E-state index in [0.717, 1.165) is 5.56 Å². The predicted octanol–water partition coefficient (Wildman–Crippen LogP) is 1.37. The van der Waals surface area contributed by atoms with Crippen LogP contribution in [0.1, 0.15) is 27.6 Å². The molecule has 2 rings (SSSR count). The summed E-state index contributed by atoms with van der Waals surface area (Å²) in [6.45, 7) is 2.66. The third kappa shape index (κ3) is 2.95. The number of hydrogen-bond acceptors (Lipinski definition) is 4. The first-order chi connectivity index (χ1) is 8.69. The summed E-state index contributed by atoms with van der Waals surface area (Å²) in [5, 5.41) is 2.76. The standard InChI is InChI=1S/C13H15N3O2/c1-9-2-4-10(5-3-9)7-16-13(17)11-8-15-12(6-14)18-11/h2-5,8H,6-7,14H2,1H3,(H,16,17). The molecule has 0 aliphatic rings. The summed E-state index contributed by atoms with van der Waals surface area (Å²) in [5.41, 5.74) is 7.58. The van der Waals surface area contributed by atoms with Crippen molar-refractivity contribution in [3.8, 4) is 0 Å². The Bertz CT molecular complexity index is 531. The molecule has 94 valence electrons. The minimum Gasteiger partial charge on any atom is -0.434 e. The van der Waals surface area contributed by atoms with Gasteiger partial charge in [0.1, 0.15) is 0 Å². The molecular formula is C13H15N3O2.